The van der Waals surface area contributed by atoms with Crippen LogP contribution in [0.3, 0.4) is 0 Å². The van der Waals surface area contributed by atoms with Crippen LogP contribution in [0.1, 0.15) is 36.8 Å². The lowest BCUT2D eigenvalue weighted by Crippen LogP contribution is -2.52. The van der Waals surface area contributed by atoms with Crippen LogP contribution in [0.25, 0.3) is 0 Å². The van der Waals surface area contributed by atoms with Gasteiger partial charge in [0.15, 0.2) is 11.5 Å². The van der Waals surface area contributed by atoms with E-state index < -0.39 is 5.41 Å². The fourth-order valence-corrected chi connectivity index (χ4v) is 5.04. The summed E-state index contributed by atoms with van der Waals surface area (Å²) in [5, 5.41) is 3.34. The minimum absolute atomic E-state index is 0.0508. The van der Waals surface area contributed by atoms with E-state index in [0.29, 0.717) is 57.3 Å². The van der Waals surface area contributed by atoms with Gasteiger partial charge in [-0.15, -0.1) is 0 Å². The Balaban J connectivity index is 1.61. The minimum Gasteiger partial charge on any atom is -0.493 e. The van der Waals surface area contributed by atoms with Gasteiger partial charge in [-0.3, -0.25) is 4.79 Å². The van der Waals surface area contributed by atoms with Crippen molar-refractivity contribution >= 4 is 5.91 Å². The average molecular weight is 440 g/mol. The number of carbonyl (C=O) groups is 1. The number of methoxy groups -OCH3 is 2. The van der Waals surface area contributed by atoms with E-state index in [0.717, 1.165) is 18.4 Å². The number of rotatable bonds is 7. The van der Waals surface area contributed by atoms with Crippen molar-refractivity contribution in [3.05, 3.63) is 59.7 Å². The van der Waals surface area contributed by atoms with Gasteiger partial charge < -0.3 is 24.3 Å². The third kappa shape index (κ3) is 4.34. The van der Waals surface area contributed by atoms with Gasteiger partial charge in [0.05, 0.1) is 19.6 Å². The normalized spacial score (nSPS) is 19.7. The second-order valence-corrected chi connectivity index (χ2v) is 8.71. The van der Waals surface area contributed by atoms with E-state index in [-0.39, 0.29) is 11.3 Å². The lowest BCUT2D eigenvalue weighted by Gasteiger charge is -2.41. The molecule has 2 aromatic rings. The molecule has 2 aromatic carbocycles. The molecule has 0 bridgehead atoms. The maximum atomic E-state index is 13.8. The van der Waals surface area contributed by atoms with Crippen LogP contribution in [0.15, 0.2) is 48.5 Å². The molecule has 0 atom stereocenters. The highest BCUT2D eigenvalue weighted by atomic mass is 16.5. The van der Waals surface area contributed by atoms with Gasteiger partial charge in [0, 0.05) is 38.4 Å². The lowest BCUT2D eigenvalue weighted by molar-refractivity contribution is -0.131. The number of nitrogens with one attached hydrogen (secondary N) is 1. The Bertz CT molecular complexity index is 902. The molecule has 172 valence electrons. The number of benzene rings is 2. The predicted octanol–water partition coefficient (Wildman–Crippen LogP) is 3.62. The largest absolute Gasteiger partial charge is 0.493 e. The molecule has 0 radical (unpaired) electrons. The molecule has 0 unspecified atom stereocenters. The Hall–Kier alpha value is -2.57. The fourth-order valence-electron chi connectivity index (χ4n) is 5.04. The van der Waals surface area contributed by atoms with Gasteiger partial charge in [0.1, 0.15) is 0 Å². The van der Waals surface area contributed by atoms with E-state index in [1.807, 2.05) is 24.3 Å². The van der Waals surface area contributed by atoms with Crippen molar-refractivity contribution < 1.29 is 23.7 Å². The smallest absolute Gasteiger partial charge is 0.230 e. The van der Waals surface area contributed by atoms with Gasteiger partial charge in [-0.25, -0.2) is 0 Å². The molecular weight excluding hydrogens is 406 g/mol. The zero-order chi connectivity index (χ0) is 22.4. The van der Waals surface area contributed by atoms with Crippen molar-refractivity contribution in [1.82, 2.24) is 5.32 Å². The van der Waals surface area contributed by atoms with Gasteiger partial charge in [-0.2, -0.15) is 0 Å². The average Bonchev–Trinajstić information content (AvgIpc) is 2.88. The molecule has 32 heavy (non-hydrogen) atoms. The first-order valence-corrected chi connectivity index (χ1v) is 11.4. The first-order valence-electron chi connectivity index (χ1n) is 11.4. The molecule has 2 aliphatic rings. The molecule has 1 N–H and O–H groups in total. The molecule has 0 aliphatic carbocycles. The zero-order valence-corrected chi connectivity index (χ0v) is 19.0. The Morgan fingerprint density at radius 1 is 0.844 bits per heavy atom. The van der Waals surface area contributed by atoms with E-state index in [9.17, 15) is 4.79 Å². The van der Waals surface area contributed by atoms with Crippen LogP contribution >= 0.6 is 0 Å². The Morgan fingerprint density at radius 3 is 2.09 bits per heavy atom. The van der Waals surface area contributed by atoms with E-state index in [2.05, 4.69) is 29.6 Å². The monoisotopic (exact) mass is 439 g/mol. The quantitative estimate of drug-likeness (QED) is 0.714. The van der Waals surface area contributed by atoms with E-state index in [1.165, 1.54) is 5.56 Å². The molecular formula is C26H33NO5. The number of carbonyl (C=O) groups excluding carboxylic acids is 1. The minimum atomic E-state index is -0.652. The highest BCUT2D eigenvalue weighted by molar-refractivity contribution is 5.88. The lowest BCUT2D eigenvalue weighted by atomic mass is 9.71. The molecule has 1 amide bonds. The summed E-state index contributed by atoms with van der Waals surface area (Å²) in [6.45, 7) is 3.12. The van der Waals surface area contributed by atoms with E-state index in [1.54, 1.807) is 14.2 Å². The maximum absolute atomic E-state index is 13.8. The van der Waals surface area contributed by atoms with Crippen LogP contribution in [0.2, 0.25) is 0 Å². The van der Waals surface area contributed by atoms with Crippen molar-refractivity contribution in [2.24, 2.45) is 0 Å². The van der Waals surface area contributed by atoms with Crippen LogP contribution in [-0.2, 0) is 25.1 Å². The maximum Gasteiger partial charge on any atom is 0.230 e. The number of hydrogen-bond acceptors (Lipinski definition) is 5. The third-order valence-corrected chi connectivity index (χ3v) is 7.14. The summed E-state index contributed by atoms with van der Waals surface area (Å²) in [6.07, 6.45) is 3.05. The van der Waals surface area contributed by atoms with Crippen molar-refractivity contribution in [3.8, 4) is 11.5 Å². The summed E-state index contributed by atoms with van der Waals surface area (Å²) < 4.78 is 22.2. The summed E-state index contributed by atoms with van der Waals surface area (Å²) in [5.41, 5.74) is 1.44. The van der Waals surface area contributed by atoms with E-state index >= 15 is 0 Å². The van der Waals surface area contributed by atoms with Crippen molar-refractivity contribution in [2.45, 2.75) is 36.5 Å². The summed E-state index contributed by atoms with van der Waals surface area (Å²) in [4.78, 5) is 13.8. The number of amides is 1. The van der Waals surface area contributed by atoms with Gasteiger partial charge >= 0.3 is 0 Å². The Morgan fingerprint density at radius 2 is 1.47 bits per heavy atom. The molecule has 6 heteroatoms. The zero-order valence-electron chi connectivity index (χ0n) is 19.0. The fraction of sp³-hybridized carbons (Fsp3) is 0.500. The van der Waals surface area contributed by atoms with Crippen molar-refractivity contribution in [2.75, 3.05) is 47.2 Å². The SMILES string of the molecule is COc1ccc(C2(C(=O)NCC3(c4ccccc4)CCOCC3)CCOCC2)cc1OC. The highest BCUT2D eigenvalue weighted by Crippen LogP contribution is 2.40. The van der Waals surface area contributed by atoms with Crippen LogP contribution < -0.4 is 14.8 Å². The first kappa shape index (κ1) is 22.6. The van der Waals surface area contributed by atoms with Crippen molar-refractivity contribution in [1.29, 1.82) is 0 Å². The first-order chi connectivity index (χ1) is 15.6. The summed E-state index contributed by atoms with van der Waals surface area (Å²) in [7, 11) is 3.23. The van der Waals surface area contributed by atoms with Gasteiger partial charge in [0.2, 0.25) is 5.91 Å². The topological polar surface area (TPSA) is 66.0 Å². The number of ether oxygens (including phenoxy) is 4. The molecule has 2 fully saturated rings. The summed E-state index contributed by atoms with van der Waals surface area (Å²) in [5.74, 6) is 1.34. The summed E-state index contributed by atoms with van der Waals surface area (Å²) in [6, 6.07) is 16.3. The predicted molar refractivity (Wildman–Crippen MR) is 122 cm³/mol. The number of hydrogen-bond donors (Lipinski definition) is 1. The Labute approximate surface area is 190 Å². The van der Waals surface area contributed by atoms with Crippen LogP contribution in [0.5, 0.6) is 11.5 Å². The van der Waals surface area contributed by atoms with Crippen LogP contribution in [-0.4, -0.2) is 53.1 Å². The molecule has 2 heterocycles. The summed E-state index contributed by atoms with van der Waals surface area (Å²) >= 11 is 0. The van der Waals surface area contributed by atoms with Crippen LogP contribution in [0.4, 0.5) is 0 Å². The molecule has 4 rings (SSSR count). The van der Waals surface area contributed by atoms with Gasteiger partial charge in [-0.05, 0) is 48.9 Å². The van der Waals surface area contributed by atoms with Gasteiger partial charge in [-0.1, -0.05) is 36.4 Å². The Kier molecular flexibility index (Phi) is 7.01. The standard InChI is InChI=1S/C26H33NO5/c1-29-22-9-8-21(18-23(22)30-2)26(12-16-32-17-13-26)24(28)27-19-25(10-14-31-15-11-25)20-6-4-3-5-7-20/h3-9,18H,10-17,19H2,1-2H3,(H,27,28). The highest BCUT2D eigenvalue weighted by Gasteiger charge is 2.43. The molecule has 0 aromatic heterocycles. The molecule has 0 spiro atoms. The molecule has 0 saturated carbocycles. The van der Waals surface area contributed by atoms with Crippen molar-refractivity contribution in [3.63, 3.8) is 0 Å². The molecule has 2 aliphatic heterocycles. The molecule has 2 saturated heterocycles. The third-order valence-electron chi connectivity index (χ3n) is 7.14. The van der Waals surface area contributed by atoms with E-state index in [4.69, 9.17) is 18.9 Å². The second kappa shape index (κ2) is 9.92. The van der Waals surface area contributed by atoms with Gasteiger partial charge in [0.25, 0.3) is 0 Å². The van der Waals surface area contributed by atoms with Crippen LogP contribution in [0, 0.1) is 0 Å². The second-order valence-electron chi connectivity index (χ2n) is 8.71. The molecule has 6 nitrogen and oxygen atoms in total.